The van der Waals surface area contributed by atoms with Crippen LogP contribution in [0.15, 0.2) is 42.5 Å². The van der Waals surface area contributed by atoms with Crippen LogP contribution in [0.4, 0.5) is 23.2 Å². The van der Waals surface area contributed by atoms with E-state index in [-0.39, 0.29) is 5.69 Å². The zero-order valence-corrected chi connectivity index (χ0v) is 22.8. The molecular formula is C27H32F4N4O4S. The zero-order valence-electron chi connectivity index (χ0n) is 22.0. The van der Waals surface area contributed by atoms with Crippen molar-refractivity contribution in [3.05, 3.63) is 65.2 Å². The molecule has 1 saturated heterocycles. The standard InChI is InChI=1S/C27H32F4N4O4S/c1-2-3-4-7-18-8-5-6-9-21(18)25(26(37)33-19-15-27(30,31)16-19)35(20-10-11-22(28)23(29)14-20)24(36)17-32-40(38,39)34-12-13-34/h5-6,8-11,14,19,25,32H,2-4,7,12-13,15-17H2,1H3,(H,33,37)/t25-/m1/s1. The second-order valence-electron chi connectivity index (χ2n) is 10.1. The third kappa shape index (κ3) is 7.18. The highest BCUT2D eigenvalue weighted by Crippen LogP contribution is 2.38. The Labute approximate surface area is 230 Å². The quantitative estimate of drug-likeness (QED) is 0.212. The predicted octanol–water partition coefficient (Wildman–Crippen LogP) is 3.84. The monoisotopic (exact) mass is 584 g/mol. The average Bonchev–Trinajstić information content (AvgIpc) is 3.74. The number of hydrogen-bond donors (Lipinski definition) is 2. The number of carbonyl (C=O) groups is 2. The van der Waals surface area contributed by atoms with Gasteiger partial charge < -0.3 is 5.32 Å². The van der Waals surface area contributed by atoms with E-state index in [2.05, 4.69) is 10.0 Å². The topological polar surface area (TPSA) is 98.6 Å². The molecule has 40 heavy (non-hydrogen) atoms. The highest BCUT2D eigenvalue weighted by Gasteiger charge is 2.47. The minimum Gasteiger partial charge on any atom is -0.351 e. The zero-order chi connectivity index (χ0) is 29.1. The molecule has 218 valence electrons. The molecule has 0 unspecified atom stereocenters. The molecule has 1 aliphatic heterocycles. The fourth-order valence-electron chi connectivity index (χ4n) is 4.72. The van der Waals surface area contributed by atoms with Crippen LogP contribution >= 0.6 is 0 Å². The summed E-state index contributed by atoms with van der Waals surface area (Å²) in [5.41, 5.74) is 0.881. The molecular weight excluding hydrogens is 552 g/mol. The van der Waals surface area contributed by atoms with Crippen LogP contribution in [0.2, 0.25) is 0 Å². The molecule has 0 spiro atoms. The van der Waals surface area contributed by atoms with Crippen molar-refractivity contribution in [3.63, 3.8) is 0 Å². The van der Waals surface area contributed by atoms with E-state index in [9.17, 15) is 35.6 Å². The van der Waals surface area contributed by atoms with Gasteiger partial charge >= 0.3 is 0 Å². The van der Waals surface area contributed by atoms with Gasteiger partial charge in [0.1, 0.15) is 6.04 Å². The Morgan fingerprint density at radius 2 is 1.77 bits per heavy atom. The van der Waals surface area contributed by atoms with Crippen LogP contribution in [0.1, 0.15) is 56.2 Å². The number of unbranched alkanes of at least 4 members (excludes halogenated alkanes) is 2. The molecule has 4 rings (SSSR count). The Bertz CT molecular complexity index is 1350. The summed E-state index contributed by atoms with van der Waals surface area (Å²) in [7, 11) is -3.96. The molecule has 2 aromatic rings. The number of benzene rings is 2. The van der Waals surface area contributed by atoms with Crippen molar-refractivity contribution in [3.8, 4) is 0 Å². The first-order valence-electron chi connectivity index (χ1n) is 13.2. The van der Waals surface area contributed by atoms with E-state index in [1.54, 1.807) is 24.3 Å². The molecule has 13 heteroatoms. The van der Waals surface area contributed by atoms with E-state index in [1.165, 1.54) is 0 Å². The van der Waals surface area contributed by atoms with Crippen LogP contribution in [0.5, 0.6) is 0 Å². The molecule has 2 N–H and O–H groups in total. The number of rotatable bonds is 13. The summed E-state index contributed by atoms with van der Waals surface area (Å²) in [6.45, 7) is 1.83. The fourth-order valence-corrected chi connectivity index (χ4v) is 5.77. The number of hydrogen-bond acceptors (Lipinski definition) is 4. The summed E-state index contributed by atoms with van der Waals surface area (Å²) < 4.78 is 83.4. The van der Waals surface area contributed by atoms with Crippen LogP contribution < -0.4 is 14.9 Å². The maximum Gasteiger partial charge on any atom is 0.280 e. The second-order valence-corrected chi connectivity index (χ2v) is 11.9. The Morgan fingerprint density at radius 1 is 1.07 bits per heavy atom. The summed E-state index contributed by atoms with van der Waals surface area (Å²) in [6.07, 6.45) is 1.99. The molecule has 0 radical (unpaired) electrons. The molecule has 0 aromatic heterocycles. The van der Waals surface area contributed by atoms with Crippen LogP contribution in [0.25, 0.3) is 0 Å². The van der Waals surface area contributed by atoms with Gasteiger partial charge in [0.05, 0.1) is 6.54 Å². The van der Waals surface area contributed by atoms with E-state index in [4.69, 9.17) is 0 Å². The highest BCUT2D eigenvalue weighted by atomic mass is 32.2. The van der Waals surface area contributed by atoms with Gasteiger partial charge in [0.25, 0.3) is 16.1 Å². The summed E-state index contributed by atoms with van der Waals surface area (Å²) in [5.74, 6) is -7.10. The highest BCUT2D eigenvalue weighted by molar-refractivity contribution is 7.87. The first-order chi connectivity index (χ1) is 18.9. The van der Waals surface area contributed by atoms with Gasteiger partial charge in [-0.25, -0.2) is 17.6 Å². The van der Waals surface area contributed by atoms with Crippen LogP contribution in [0, 0.1) is 11.6 Å². The third-order valence-electron chi connectivity index (χ3n) is 6.94. The minimum atomic E-state index is -3.96. The molecule has 1 saturated carbocycles. The van der Waals surface area contributed by atoms with E-state index in [1.807, 2.05) is 6.92 Å². The van der Waals surface area contributed by atoms with Gasteiger partial charge in [0.15, 0.2) is 11.6 Å². The van der Waals surface area contributed by atoms with Crippen molar-refractivity contribution < 1.29 is 35.6 Å². The van der Waals surface area contributed by atoms with Gasteiger partial charge in [0, 0.05) is 43.7 Å². The van der Waals surface area contributed by atoms with Gasteiger partial charge in [-0.05, 0) is 36.1 Å². The normalized spacial score (nSPS) is 17.6. The first kappa shape index (κ1) is 29.9. The lowest BCUT2D eigenvalue weighted by Crippen LogP contribution is -2.55. The van der Waals surface area contributed by atoms with Crippen LogP contribution in [-0.2, 0) is 26.2 Å². The van der Waals surface area contributed by atoms with E-state index in [0.29, 0.717) is 30.6 Å². The van der Waals surface area contributed by atoms with Gasteiger partial charge in [-0.3, -0.25) is 14.5 Å². The van der Waals surface area contributed by atoms with Gasteiger partial charge in [-0.1, -0.05) is 44.0 Å². The van der Waals surface area contributed by atoms with Crippen molar-refractivity contribution in [2.24, 2.45) is 0 Å². The fraction of sp³-hybridized carbons (Fsp3) is 0.481. The molecule has 2 fully saturated rings. The largest absolute Gasteiger partial charge is 0.351 e. The number of alkyl halides is 2. The Balaban J connectivity index is 1.76. The average molecular weight is 585 g/mol. The number of nitrogens with one attached hydrogen (secondary N) is 2. The van der Waals surface area contributed by atoms with E-state index < -0.39 is 71.1 Å². The van der Waals surface area contributed by atoms with E-state index >= 15 is 0 Å². The predicted molar refractivity (Wildman–Crippen MR) is 141 cm³/mol. The number of nitrogens with zero attached hydrogens (tertiary/aromatic N) is 2. The first-order valence-corrected chi connectivity index (χ1v) is 14.6. The van der Waals surface area contributed by atoms with E-state index in [0.717, 1.165) is 46.7 Å². The molecule has 8 nitrogen and oxygen atoms in total. The summed E-state index contributed by atoms with van der Waals surface area (Å²) in [4.78, 5) is 28.3. The molecule has 1 heterocycles. The SMILES string of the molecule is CCCCCc1ccccc1[C@H](C(=O)NC1CC(F)(F)C1)N(C(=O)CNS(=O)(=O)N1CC1)c1ccc(F)c(F)c1. The molecule has 2 aliphatic rings. The third-order valence-corrected chi connectivity index (χ3v) is 8.50. The smallest absolute Gasteiger partial charge is 0.280 e. The minimum absolute atomic E-state index is 0.197. The number of anilines is 1. The lowest BCUT2D eigenvalue weighted by atomic mass is 9.87. The van der Waals surface area contributed by atoms with Crippen molar-refractivity contribution >= 4 is 27.7 Å². The van der Waals surface area contributed by atoms with Crippen molar-refractivity contribution in [1.29, 1.82) is 0 Å². The van der Waals surface area contributed by atoms with Gasteiger partial charge in [-0.2, -0.15) is 17.4 Å². The second kappa shape index (κ2) is 12.2. The lowest BCUT2D eigenvalue weighted by Gasteiger charge is -2.38. The molecule has 0 bridgehead atoms. The number of aryl methyl sites for hydroxylation is 1. The Morgan fingerprint density at radius 3 is 2.40 bits per heavy atom. The lowest BCUT2D eigenvalue weighted by molar-refractivity contribution is -0.132. The maximum absolute atomic E-state index is 14.4. The number of carbonyl (C=O) groups excluding carboxylic acids is 2. The number of amides is 2. The van der Waals surface area contributed by atoms with Crippen LogP contribution in [-0.4, -0.2) is 56.1 Å². The molecule has 1 atom stereocenters. The number of halogens is 4. The molecule has 2 amide bonds. The van der Waals surface area contributed by atoms with Crippen molar-refractivity contribution in [2.75, 3.05) is 24.5 Å². The Hall–Kier alpha value is -3.03. The van der Waals surface area contributed by atoms with Crippen LogP contribution in [0.3, 0.4) is 0 Å². The summed E-state index contributed by atoms with van der Waals surface area (Å²) in [6, 6.07) is 7.11. The maximum atomic E-state index is 14.4. The van der Waals surface area contributed by atoms with Gasteiger partial charge in [0.2, 0.25) is 11.8 Å². The van der Waals surface area contributed by atoms with Crippen molar-refractivity contribution in [2.45, 2.75) is 63.5 Å². The molecule has 2 aromatic carbocycles. The van der Waals surface area contributed by atoms with Gasteiger partial charge in [-0.15, -0.1) is 0 Å². The summed E-state index contributed by atoms with van der Waals surface area (Å²) >= 11 is 0. The molecule has 1 aliphatic carbocycles. The Kier molecular flexibility index (Phi) is 9.16. The van der Waals surface area contributed by atoms with Crippen molar-refractivity contribution in [1.82, 2.24) is 14.3 Å². The summed E-state index contributed by atoms with van der Waals surface area (Å²) in [5, 5.41) is 2.57.